The molecular formula is C11H10ClN3O. The van der Waals surface area contributed by atoms with Crippen molar-refractivity contribution in [1.29, 1.82) is 0 Å². The zero-order valence-corrected chi connectivity index (χ0v) is 9.67. The van der Waals surface area contributed by atoms with E-state index in [1.807, 2.05) is 25.1 Å². The Morgan fingerprint density at radius 2 is 2.12 bits per heavy atom. The zero-order valence-electron chi connectivity index (χ0n) is 8.91. The van der Waals surface area contributed by atoms with E-state index in [0.717, 1.165) is 16.5 Å². The highest BCUT2D eigenvalue weighted by atomic mass is 35.5. The molecule has 0 saturated heterocycles. The molecule has 82 valence electrons. The molecule has 0 radical (unpaired) electrons. The third-order valence-corrected chi connectivity index (χ3v) is 2.29. The molecule has 0 aliphatic heterocycles. The van der Waals surface area contributed by atoms with Crippen molar-refractivity contribution in [3.63, 3.8) is 0 Å². The molecule has 0 saturated carbocycles. The standard InChI is InChI=1S/C11H10ClN3O/c1-6-3-4-8-9(5-6)14-11(12)15-10(8)13-7(2)16/h3-5H,1-2H3,(H,13,14,15,16). The number of benzene rings is 1. The van der Waals surface area contributed by atoms with Crippen LogP contribution in [0.4, 0.5) is 5.82 Å². The minimum absolute atomic E-state index is 0.127. The van der Waals surface area contributed by atoms with E-state index in [-0.39, 0.29) is 11.2 Å². The molecule has 1 heterocycles. The van der Waals surface area contributed by atoms with E-state index in [9.17, 15) is 4.79 Å². The first-order chi connectivity index (χ1) is 7.56. The number of aromatic nitrogens is 2. The molecule has 0 bridgehead atoms. The average Bonchev–Trinajstić information content (AvgIpc) is 2.15. The second kappa shape index (κ2) is 4.06. The smallest absolute Gasteiger partial charge is 0.224 e. The molecular weight excluding hydrogens is 226 g/mol. The van der Waals surface area contributed by atoms with Gasteiger partial charge in [0.2, 0.25) is 11.2 Å². The summed E-state index contributed by atoms with van der Waals surface area (Å²) < 4.78 is 0. The number of rotatable bonds is 1. The van der Waals surface area contributed by atoms with Gasteiger partial charge in [0.05, 0.1) is 5.52 Å². The molecule has 4 nitrogen and oxygen atoms in total. The molecule has 0 unspecified atom stereocenters. The van der Waals surface area contributed by atoms with Gasteiger partial charge < -0.3 is 5.32 Å². The van der Waals surface area contributed by atoms with E-state index in [4.69, 9.17) is 11.6 Å². The van der Waals surface area contributed by atoms with Crippen LogP contribution in [-0.2, 0) is 4.79 Å². The average molecular weight is 236 g/mol. The first-order valence-corrected chi connectivity index (χ1v) is 5.15. The van der Waals surface area contributed by atoms with Crippen LogP contribution < -0.4 is 5.32 Å². The maximum Gasteiger partial charge on any atom is 0.224 e. The van der Waals surface area contributed by atoms with Gasteiger partial charge in [-0.1, -0.05) is 6.07 Å². The molecule has 0 aliphatic rings. The predicted molar refractivity (Wildman–Crippen MR) is 63.6 cm³/mol. The van der Waals surface area contributed by atoms with Crippen LogP contribution >= 0.6 is 11.6 Å². The molecule has 1 aromatic heterocycles. The normalized spacial score (nSPS) is 10.4. The van der Waals surface area contributed by atoms with Crippen LogP contribution in [0.25, 0.3) is 10.9 Å². The van der Waals surface area contributed by atoms with Gasteiger partial charge in [-0.05, 0) is 36.2 Å². The van der Waals surface area contributed by atoms with Gasteiger partial charge in [0.25, 0.3) is 0 Å². The summed E-state index contributed by atoms with van der Waals surface area (Å²) >= 11 is 5.79. The molecule has 16 heavy (non-hydrogen) atoms. The molecule has 5 heteroatoms. The van der Waals surface area contributed by atoms with Crippen LogP contribution in [0.1, 0.15) is 12.5 Å². The monoisotopic (exact) mass is 235 g/mol. The first kappa shape index (κ1) is 10.8. The minimum Gasteiger partial charge on any atom is -0.310 e. The summed E-state index contributed by atoms with van der Waals surface area (Å²) in [7, 11) is 0. The number of nitrogens with zero attached hydrogens (tertiary/aromatic N) is 2. The fraction of sp³-hybridized carbons (Fsp3) is 0.182. The van der Waals surface area contributed by atoms with Gasteiger partial charge in [0.1, 0.15) is 5.82 Å². The van der Waals surface area contributed by atoms with Crippen molar-refractivity contribution >= 4 is 34.2 Å². The second-order valence-electron chi connectivity index (χ2n) is 3.54. The van der Waals surface area contributed by atoms with Crippen molar-refractivity contribution in [2.45, 2.75) is 13.8 Å². The maximum atomic E-state index is 11.0. The van der Waals surface area contributed by atoms with Gasteiger partial charge in [0, 0.05) is 12.3 Å². The Morgan fingerprint density at radius 1 is 1.38 bits per heavy atom. The third-order valence-electron chi connectivity index (χ3n) is 2.12. The quantitative estimate of drug-likeness (QED) is 0.773. The van der Waals surface area contributed by atoms with Crippen molar-refractivity contribution in [1.82, 2.24) is 9.97 Å². The number of halogens is 1. The topological polar surface area (TPSA) is 54.9 Å². The fourth-order valence-corrected chi connectivity index (χ4v) is 1.65. The Balaban J connectivity index is 2.67. The lowest BCUT2D eigenvalue weighted by Crippen LogP contribution is -2.08. The minimum atomic E-state index is -0.184. The molecule has 0 spiro atoms. The summed E-state index contributed by atoms with van der Waals surface area (Å²) in [6.45, 7) is 3.39. The number of hydrogen-bond acceptors (Lipinski definition) is 3. The van der Waals surface area contributed by atoms with Gasteiger partial charge in [-0.2, -0.15) is 4.98 Å². The SMILES string of the molecule is CC(=O)Nc1nc(Cl)nc2cc(C)ccc12. The van der Waals surface area contributed by atoms with E-state index in [1.165, 1.54) is 6.92 Å². The molecule has 0 aliphatic carbocycles. The van der Waals surface area contributed by atoms with E-state index in [1.54, 1.807) is 0 Å². The summed E-state index contributed by atoms with van der Waals surface area (Å²) in [5.41, 5.74) is 1.81. The van der Waals surface area contributed by atoms with Crippen molar-refractivity contribution in [3.05, 3.63) is 29.0 Å². The van der Waals surface area contributed by atoms with E-state index < -0.39 is 0 Å². The molecule has 0 fully saturated rings. The Kier molecular flexibility index (Phi) is 2.75. The predicted octanol–water partition coefficient (Wildman–Crippen LogP) is 2.55. The van der Waals surface area contributed by atoms with E-state index in [2.05, 4.69) is 15.3 Å². The van der Waals surface area contributed by atoms with Crippen LogP contribution in [-0.4, -0.2) is 15.9 Å². The number of carbonyl (C=O) groups excluding carboxylic acids is 1. The lowest BCUT2D eigenvalue weighted by atomic mass is 10.1. The Bertz CT molecular complexity index is 563. The van der Waals surface area contributed by atoms with Crippen LogP contribution in [0, 0.1) is 6.92 Å². The van der Waals surface area contributed by atoms with Gasteiger partial charge in [-0.15, -0.1) is 0 Å². The Labute approximate surface area is 97.7 Å². The Hall–Kier alpha value is -1.68. The van der Waals surface area contributed by atoms with Crippen molar-refractivity contribution < 1.29 is 4.79 Å². The van der Waals surface area contributed by atoms with E-state index >= 15 is 0 Å². The highest BCUT2D eigenvalue weighted by Gasteiger charge is 2.07. The molecule has 1 amide bonds. The van der Waals surface area contributed by atoms with E-state index in [0.29, 0.717) is 5.82 Å². The van der Waals surface area contributed by atoms with Crippen molar-refractivity contribution in [2.75, 3.05) is 5.32 Å². The lowest BCUT2D eigenvalue weighted by Gasteiger charge is -2.06. The van der Waals surface area contributed by atoms with Crippen LogP contribution in [0.15, 0.2) is 18.2 Å². The number of aryl methyl sites for hydroxylation is 1. The van der Waals surface area contributed by atoms with Gasteiger partial charge in [-0.25, -0.2) is 4.98 Å². The number of fused-ring (bicyclic) bond motifs is 1. The number of amides is 1. The molecule has 1 N–H and O–H groups in total. The van der Waals surface area contributed by atoms with Gasteiger partial charge in [0.15, 0.2) is 0 Å². The number of hydrogen-bond donors (Lipinski definition) is 1. The number of anilines is 1. The summed E-state index contributed by atoms with van der Waals surface area (Å²) in [4.78, 5) is 19.1. The largest absolute Gasteiger partial charge is 0.310 e. The summed E-state index contributed by atoms with van der Waals surface area (Å²) in [5, 5.41) is 3.54. The highest BCUT2D eigenvalue weighted by molar-refractivity contribution is 6.29. The molecule has 1 aromatic carbocycles. The zero-order chi connectivity index (χ0) is 11.7. The fourth-order valence-electron chi connectivity index (χ4n) is 1.47. The van der Waals surface area contributed by atoms with Crippen molar-refractivity contribution in [2.24, 2.45) is 0 Å². The van der Waals surface area contributed by atoms with Crippen LogP contribution in [0.3, 0.4) is 0 Å². The third kappa shape index (κ3) is 2.12. The highest BCUT2D eigenvalue weighted by Crippen LogP contribution is 2.22. The second-order valence-corrected chi connectivity index (χ2v) is 3.88. The maximum absolute atomic E-state index is 11.0. The summed E-state index contributed by atoms with van der Waals surface area (Å²) in [6, 6.07) is 5.70. The molecule has 2 aromatic rings. The van der Waals surface area contributed by atoms with Gasteiger partial charge >= 0.3 is 0 Å². The Morgan fingerprint density at radius 3 is 2.81 bits per heavy atom. The van der Waals surface area contributed by atoms with Gasteiger partial charge in [-0.3, -0.25) is 4.79 Å². The number of carbonyl (C=O) groups is 1. The molecule has 0 atom stereocenters. The van der Waals surface area contributed by atoms with Crippen LogP contribution in [0.2, 0.25) is 5.28 Å². The summed E-state index contributed by atoms with van der Waals surface area (Å²) in [5.74, 6) is 0.263. The first-order valence-electron chi connectivity index (χ1n) is 4.78. The molecule has 2 rings (SSSR count). The number of nitrogens with one attached hydrogen (secondary N) is 1. The van der Waals surface area contributed by atoms with Crippen LogP contribution in [0.5, 0.6) is 0 Å². The lowest BCUT2D eigenvalue weighted by molar-refractivity contribution is -0.114. The summed E-state index contributed by atoms with van der Waals surface area (Å²) in [6.07, 6.45) is 0. The van der Waals surface area contributed by atoms with Crippen molar-refractivity contribution in [3.8, 4) is 0 Å².